The van der Waals surface area contributed by atoms with Gasteiger partial charge in [-0.1, -0.05) is 24.3 Å². The number of nitrogens with one attached hydrogen (secondary N) is 2. The molecule has 0 radical (unpaired) electrons. The minimum absolute atomic E-state index is 0.762. The van der Waals surface area contributed by atoms with Gasteiger partial charge in [-0.25, -0.2) is 0 Å². The van der Waals surface area contributed by atoms with Crippen molar-refractivity contribution in [1.82, 2.24) is 10.2 Å². The molecule has 5 heteroatoms. The van der Waals surface area contributed by atoms with E-state index in [-0.39, 0.29) is 0 Å². The highest BCUT2D eigenvalue weighted by Crippen LogP contribution is 2.21. The Morgan fingerprint density at radius 3 is 2.65 bits per heavy atom. The molecule has 1 aliphatic heterocycles. The minimum Gasteiger partial charge on any atom is -0.378 e. The van der Waals surface area contributed by atoms with Gasteiger partial charge < -0.3 is 15.0 Å². The van der Waals surface area contributed by atoms with Crippen LogP contribution in [-0.2, 0) is 11.3 Å². The molecular weight excluding hydrogens is 288 g/mol. The first-order chi connectivity index (χ1) is 11.4. The molecule has 0 saturated carbocycles. The molecule has 1 aliphatic rings. The highest BCUT2D eigenvalue weighted by Gasteiger charge is 2.10. The number of para-hydroxylation sites is 1. The Morgan fingerprint density at radius 1 is 1.04 bits per heavy atom. The van der Waals surface area contributed by atoms with E-state index in [1.807, 2.05) is 18.2 Å². The van der Waals surface area contributed by atoms with E-state index < -0.39 is 0 Å². The monoisotopic (exact) mass is 308 g/mol. The molecule has 23 heavy (non-hydrogen) atoms. The third kappa shape index (κ3) is 3.00. The number of H-pyrrole nitrogens is 1. The Bertz CT molecular complexity index is 775. The van der Waals surface area contributed by atoms with Crippen molar-refractivity contribution in [3.8, 4) is 0 Å². The zero-order chi connectivity index (χ0) is 15.5. The van der Waals surface area contributed by atoms with Gasteiger partial charge in [-0.2, -0.15) is 5.10 Å². The summed E-state index contributed by atoms with van der Waals surface area (Å²) in [6.07, 6.45) is 0. The van der Waals surface area contributed by atoms with E-state index in [0.717, 1.165) is 49.6 Å². The number of aromatic amines is 1. The Morgan fingerprint density at radius 2 is 1.83 bits per heavy atom. The van der Waals surface area contributed by atoms with Crippen molar-refractivity contribution in [2.75, 3.05) is 36.5 Å². The van der Waals surface area contributed by atoms with Crippen LogP contribution in [0.4, 0.5) is 11.5 Å². The molecule has 2 N–H and O–H groups in total. The van der Waals surface area contributed by atoms with Crippen LogP contribution in [0.3, 0.4) is 0 Å². The molecule has 1 saturated heterocycles. The predicted octanol–water partition coefficient (Wildman–Crippen LogP) is 3.01. The largest absolute Gasteiger partial charge is 0.378 e. The Hall–Kier alpha value is -2.53. The molecule has 0 spiro atoms. The molecule has 118 valence electrons. The summed E-state index contributed by atoms with van der Waals surface area (Å²) in [5.41, 5.74) is 3.56. The summed E-state index contributed by atoms with van der Waals surface area (Å²) in [6, 6.07) is 16.9. The maximum Gasteiger partial charge on any atom is 0.155 e. The molecular formula is C18H20N4O. The Kier molecular flexibility index (Phi) is 3.86. The van der Waals surface area contributed by atoms with Gasteiger partial charge in [0.2, 0.25) is 0 Å². The van der Waals surface area contributed by atoms with E-state index in [9.17, 15) is 0 Å². The zero-order valence-corrected chi connectivity index (χ0v) is 13.0. The van der Waals surface area contributed by atoms with E-state index in [1.165, 1.54) is 11.3 Å². The molecule has 0 amide bonds. The fourth-order valence-corrected chi connectivity index (χ4v) is 2.93. The van der Waals surface area contributed by atoms with E-state index in [4.69, 9.17) is 4.74 Å². The first-order valence-electron chi connectivity index (χ1n) is 7.99. The van der Waals surface area contributed by atoms with Gasteiger partial charge in [-0.3, -0.25) is 5.10 Å². The fourth-order valence-electron chi connectivity index (χ4n) is 2.93. The summed E-state index contributed by atoms with van der Waals surface area (Å²) in [7, 11) is 0. The quantitative estimate of drug-likeness (QED) is 0.778. The number of hydrogen-bond acceptors (Lipinski definition) is 4. The molecule has 1 fully saturated rings. The predicted molar refractivity (Wildman–Crippen MR) is 92.9 cm³/mol. The number of ether oxygens (including phenoxy) is 1. The van der Waals surface area contributed by atoms with Gasteiger partial charge in [-0.15, -0.1) is 0 Å². The number of fused-ring (bicyclic) bond motifs is 1. The summed E-state index contributed by atoms with van der Waals surface area (Å²) in [5.74, 6) is 0.901. The van der Waals surface area contributed by atoms with Gasteiger partial charge in [0.1, 0.15) is 0 Å². The first-order valence-corrected chi connectivity index (χ1v) is 7.99. The summed E-state index contributed by atoms with van der Waals surface area (Å²) in [5, 5.41) is 11.9. The second-order valence-electron chi connectivity index (χ2n) is 5.74. The normalized spacial score (nSPS) is 15.0. The van der Waals surface area contributed by atoms with Crippen LogP contribution >= 0.6 is 0 Å². The van der Waals surface area contributed by atoms with Crippen molar-refractivity contribution >= 4 is 22.4 Å². The van der Waals surface area contributed by atoms with Crippen molar-refractivity contribution < 1.29 is 4.74 Å². The van der Waals surface area contributed by atoms with Gasteiger partial charge in [0, 0.05) is 30.7 Å². The average Bonchev–Trinajstić information content (AvgIpc) is 3.04. The number of aromatic nitrogens is 2. The van der Waals surface area contributed by atoms with Crippen LogP contribution in [0.2, 0.25) is 0 Å². The van der Waals surface area contributed by atoms with Gasteiger partial charge in [0.05, 0.1) is 18.7 Å². The van der Waals surface area contributed by atoms with Crippen LogP contribution in [0.1, 0.15) is 5.56 Å². The van der Waals surface area contributed by atoms with Crippen LogP contribution in [0.15, 0.2) is 48.5 Å². The van der Waals surface area contributed by atoms with Crippen LogP contribution in [0, 0.1) is 0 Å². The second-order valence-corrected chi connectivity index (χ2v) is 5.74. The molecule has 5 nitrogen and oxygen atoms in total. The Labute approximate surface area is 135 Å². The van der Waals surface area contributed by atoms with Crippen LogP contribution in [0.25, 0.3) is 10.9 Å². The van der Waals surface area contributed by atoms with E-state index in [0.29, 0.717) is 0 Å². The SMILES string of the molecule is c1ccc2c(NCc3ccc(N4CCOCC4)cc3)n[nH]c2c1. The summed E-state index contributed by atoms with van der Waals surface area (Å²) in [6.45, 7) is 4.33. The Balaban J connectivity index is 1.43. The maximum absolute atomic E-state index is 5.40. The fraction of sp³-hybridized carbons (Fsp3) is 0.278. The smallest absolute Gasteiger partial charge is 0.155 e. The molecule has 0 bridgehead atoms. The molecule has 0 unspecified atom stereocenters. The molecule has 0 atom stereocenters. The molecule has 2 aromatic carbocycles. The van der Waals surface area contributed by atoms with Crippen molar-refractivity contribution in [3.63, 3.8) is 0 Å². The maximum atomic E-state index is 5.40. The minimum atomic E-state index is 0.762. The van der Waals surface area contributed by atoms with Crippen molar-refractivity contribution in [3.05, 3.63) is 54.1 Å². The van der Waals surface area contributed by atoms with Gasteiger partial charge >= 0.3 is 0 Å². The molecule has 3 aromatic rings. The third-order valence-corrected chi connectivity index (χ3v) is 4.24. The summed E-state index contributed by atoms with van der Waals surface area (Å²) in [4.78, 5) is 2.36. The summed E-state index contributed by atoms with van der Waals surface area (Å²) < 4.78 is 5.40. The average molecular weight is 308 g/mol. The first kappa shape index (κ1) is 14.1. The lowest BCUT2D eigenvalue weighted by Gasteiger charge is -2.28. The number of morpholine rings is 1. The topological polar surface area (TPSA) is 53.2 Å². The molecule has 1 aromatic heterocycles. The third-order valence-electron chi connectivity index (χ3n) is 4.24. The van der Waals surface area contributed by atoms with E-state index in [1.54, 1.807) is 0 Å². The van der Waals surface area contributed by atoms with Crippen molar-refractivity contribution in [1.29, 1.82) is 0 Å². The highest BCUT2D eigenvalue weighted by molar-refractivity contribution is 5.89. The van der Waals surface area contributed by atoms with Gasteiger partial charge in [0.15, 0.2) is 5.82 Å². The van der Waals surface area contributed by atoms with E-state index in [2.05, 4.69) is 50.7 Å². The number of rotatable bonds is 4. The van der Waals surface area contributed by atoms with Gasteiger partial charge in [-0.05, 0) is 29.8 Å². The number of nitrogens with zero attached hydrogens (tertiary/aromatic N) is 2. The molecule has 2 heterocycles. The molecule has 0 aliphatic carbocycles. The lowest BCUT2D eigenvalue weighted by molar-refractivity contribution is 0.122. The van der Waals surface area contributed by atoms with Crippen LogP contribution in [0.5, 0.6) is 0 Å². The number of benzene rings is 2. The highest BCUT2D eigenvalue weighted by atomic mass is 16.5. The van der Waals surface area contributed by atoms with Crippen LogP contribution < -0.4 is 10.2 Å². The molecule has 4 rings (SSSR count). The zero-order valence-electron chi connectivity index (χ0n) is 13.0. The van der Waals surface area contributed by atoms with E-state index >= 15 is 0 Å². The van der Waals surface area contributed by atoms with Crippen LogP contribution in [-0.4, -0.2) is 36.5 Å². The lowest BCUT2D eigenvalue weighted by atomic mass is 10.2. The number of hydrogen-bond donors (Lipinski definition) is 2. The van der Waals surface area contributed by atoms with Crippen molar-refractivity contribution in [2.24, 2.45) is 0 Å². The van der Waals surface area contributed by atoms with Crippen molar-refractivity contribution in [2.45, 2.75) is 6.54 Å². The number of anilines is 2. The van der Waals surface area contributed by atoms with Gasteiger partial charge in [0.25, 0.3) is 0 Å². The standard InChI is InChI=1S/C18H20N4O/c1-2-4-17-16(3-1)18(21-20-17)19-13-14-5-7-15(8-6-14)22-9-11-23-12-10-22/h1-8H,9-13H2,(H2,19,20,21). The second kappa shape index (κ2) is 6.30. The summed E-state index contributed by atoms with van der Waals surface area (Å²) >= 11 is 0. The lowest BCUT2D eigenvalue weighted by Crippen LogP contribution is -2.36.